The maximum Gasteiger partial charge on any atom is 0.284 e. The van der Waals surface area contributed by atoms with E-state index in [0.717, 1.165) is 18.6 Å². The van der Waals surface area contributed by atoms with Crippen LogP contribution < -0.4 is 0 Å². The molecule has 0 aliphatic carbocycles. The highest BCUT2D eigenvalue weighted by Gasteiger charge is 2.43. The molecule has 2 aromatic rings. The van der Waals surface area contributed by atoms with Gasteiger partial charge in [-0.2, -0.15) is 0 Å². The Morgan fingerprint density at radius 2 is 1.50 bits per heavy atom. The van der Waals surface area contributed by atoms with Gasteiger partial charge in [-0.1, -0.05) is 12.0 Å². The van der Waals surface area contributed by atoms with Gasteiger partial charge in [0.05, 0.1) is 17.9 Å². The largest absolute Gasteiger partial charge is 0.433 e. The number of hydrogen-bond acceptors (Lipinski definition) is 6. The van der Waals surface area contributed by atoms with E-state index in [0.29, 0.717) is 17.5 Å². The predicted molar refractivity (Wildman–Crippen MR) is 113 cm³/mol. The van der Waals surface area contributed by atoms with Crippen LogP contribution >= 0.6 is 0 Å². The lowest BCUT2D eigenvalue weighted by molar-refractivity contribution is 0.251. The van der Waals surface area contributed by atoms with Gasteiger partial charge in [-0.05, 0) is 89.5 Å². The molecule has 0 spiro atoms. The standard InChI is InChI=1S/C24H28N4O2/c1-7-23(8-2-14-27(23)13-1)11-5-19-17-25-21(29-19)22-26-18-20(30-22)6-12-24-9-3-15-28(24)16-4-10-24/h5,11,17-18H,1-4,7-10,13-16H2/b11-5-. The maximum absolute atomic E-state index is 5.90. The first-order valence-electron chi connectivity index (χ1n) is 11.4. The van der Waals surface area contributed by atoms with Crippen molar-refractivity contribution in [1.82, 2.24) is 19.8 Å². The molecule has 0 amide bonds. The zero-order chi connectivity index (χ0) is 20.0. The molecule has 30 heavy (non-hydrogen) atoms. The second-order valence-corrected chi connectivity index (χ2v) is 9.20. The molecule has 0 aromatic carbocycles. The monoisotopic (exact) mass is 404 g/mol. The van der Waals surface area contributed by atoms with Crippen molar-refractivity contribution in [3.63, 3.8) is 0 Å². The van der Waals surface area contributed by atoms with E-state index in [1.54, 1.807) is 12.4 Å². The van der Waals surface area contributed by atoms with Gasteiger partial charge >= 0.3 is 0 Å². The van der Waals surface area contributed by atoms with Crippen LogP contribution in [0.25, 0.3) is 17.9 Å². The van der Waals surface area contributed by atoms with Crippen molar-refractivity contribution in [2.45, 2.75) is 62.4 Å². The van der Waals surface area contributed by atoms with E-state index in [1.165, 1.54) is 64.7 Å². The first-order valence-corrected chi connectivity index (χ1v) is 11.4. The fourth-order valence-electron chi connectivity index (χ4n) is 6.04. The fourth-order valence-corrected chi connectivity index (χ4v) is 6.04. The Hall–Kier alpha value is -2.36. The minimum absolute atomic E-state index is 0.0572. The van der Waals surface area contributed by atoms with Gasteiger partial charge in [-0.3, -0.25) is 9.80 Å². The summed E-state index contributed by atoms with van der Waals surface area (Å²) in [6.45, 7) is 4.76. The molecule has 4 saturated heterocycles. The molecule has 6 heterocycles. The van der Waals surface area contributed by atoms with Gasteiger partial charge in [0.25, 0.3) is 11.8 Å². The Balaban J connectivity index is 1.18. The SMILES string of the molecule is C(#CC12CCCN1CCC2)c1cnc(-c2ncc(/C=C\C34CCCN3CCC4)o2)o1. The molecule has 0 unspecified atom stereocenters. The van der Waals surface area contributed by atoms with E-state index in [9.17, 15) is 0 Å². The number of fused-ring (bicyclic) bond motifs is 2. The molecular formula is C24H28N4O2. The van der Waals surface area contributed by atoms with Gasteiger partial charge in [0.1, 0.15) is 5.76 Å². The van der Waals surface area contributed by atoms with Crippen LogP contribution in [0, 0.1) is 11.8 Å². The van der Waals surface area contributed by atoms with E-state index < -0.39 is 0 Å². The van der Waals surface area contributed by atoms with Crippen molar-refractivity contribution in [1.29, 1.82) is 0 Å². The molecule has 4 aliphatic rings. The number of rotatable bonds is 3. The second-order valence-electron chi connectivity index (χ2n) is 9.20. The minimum atomic E-state index is 0.0572. The zero-order valence-electron chi connectivity index (χ0n) is 17.4. The van der Waals surface area contributed by atoms with Gasteiger partial charge in [-0.15, -0.1) is 0 Å². The third-order valence-electron chi connectivity index (χ3n) is 7.54. The van der Waals surface area contributed by atoms with E-state index in [4.69, 9.17) is 8.83 Å². The number of oxazole rings is 2. The van der Waals surface area contributed by atoms with Gasteiger partial charge in [-0.25, -0.2) is 9.97 Å². The topological polar surface area (TPSA) is 58.5 Å². The smallest absolute Gasteiger partial charge is 0.284 e. The lowest BCUT2D eigenvalue weighted by atomic mass is 9.93. The summed E-state index contributed by atoms with van der Waals surface area (Å²) in [7, 11) is 0. The van der Waals surface area contributed by atoms with Crippen LogP contribution in [0.3, 0.4) is 0 Å². The number of nitrogens with zero attached hydrogens (tertiary/aromatic N) is 4. The Morgan fingerprint density at radius 3 is 2.30 bits per heavy atom. The summed E-state index contributed by atoms with van der Waals surface area (Å²) in [6.07, 6.45) is 17.7. The van der Waals surface area contributed by atoms with E-state index in [2.05, 4.69) is 43.8 Å². The molecule has 4 fully saturated rings. The third kappa shape index (κ3) is 3.03. The Morgan fingerprint density at radius 1 is 0.833 bits per heavy atom. The summed E-state index contributed by atoms with van der Waals surface area (Å²) >= 11 is 0. The minimum Gasteiger partial charge on any atom is -0.433 e. The fraction of sp³-hybridized carbons (Fsp3) is 0.583. The lowest BCUT2D eigenvalue weighted by Crippen LogP contribution is -2.36. The first kappa shape index (κ1) is 18.4. The van der Waals surface area contributed by atoms with Crippen LogP contribution in [0.2, 0.25) is 0 Å². The van der Waals surface area contributed by atoms with Crippen molar-refractivity contribution in [3.8, 4) is 23.6 Å². The summed E-state index contributed by atoms with van der Waals surface area (Å²) in [6, 6.07) is 0. The van der Waals surface area contributed by atoms with Gasteiger partial charge < -0.3 is 8.83 Å². The molecule has 2 aromatic heterocycles. The molecule has 0 saturated carbocycles. The van der Waals surface area contributed by atoms with E-state index in [1.807, 2.05) is 0 Å². The molecule has 0 bridgehead atoms. The zero-order valence-corrected chi connectivity index (χ0v) is 17.4. The highest BCUT2D eigenvalue weighted by Crippen LogP contribution is 2.40. The predicted octanol–water partition coefficient (Wildman–Crippen LogP) is 3.95. The second kappa shape index (κ2) is 7.11. The van der Waals surface area contributed by atoms with Gasteiger partial charge in [0, 0.05) is 5.54 Å². The van der Waals surface area contributed by atoms with Crippen LogP contribution in [0.1, 0.15) is 62.9 Å². The Bertz CT molecular complexity index is 1000. The third-order valence-corrected chi connectivity index (χ3v) is 7.54. The molecule has 4 aliphatic heterocycles. The maximum atomic E-state index is 5.90. The van der Waals surface area contributed by atoms with Crippen LogP contribution in [0.15, 0.2) is 27.3 Å². The normalized spacial score (nSPS) is 24.9. The average Bonchev–Trinajstić information content (AvgIpc) is 3.55. The summed E-state index contributed by atoms with van der Waals surface area (Å²) in [5, 5.41) is 0. The van der Waals surface area contributed by atoms with E-state index >= 15 is 0 Å². The van der Waals surface area contributed by atoms with Gasteiger partial charge in [0.2, 0.25) is 0 Å². The average molecular weight is 405 g/mol. The summed E-state index contributed by atoms with van der Waals surface area (Å²) in [5.74, 6) is 8.85. The van der Waals surface area contributed by atoms with Gasteiger partial charge in [0.15, 0.2) is 5.76 Å². The van der Waals surface area contributed by atoms with Crippen molar-refractivity contribution >= 4 is 6.08 Å². The van der Waals surface area contributed by atoms with Crippen LogP contribution in [0.5, 0.6) is 0 Å². The molecule has 6 heteroatoms. The summed E-state index contributed by atoms with van der Waals surface area (Å²) in [4.78, 5) is 13.9. The van der Waals surface area contributed by atoms with Crippen molar-refractivity contribution < 1.29 is 8.83 Å². The molecular weight excluding hydrogens is 376 g/mol. The molecule has 0 atom stereocenters. The molecule has 0 N–H and O–H groups in total. The first-order chi connectivity index (χ1) is 14.7. The lowest BCUT2D eigenvalue weighted by Gasteiger charge is -2.28. The van der Waals surface area contributed by atoms with E-state index in [-0.39, 0.29) is 11.1 Å². The molecule has 0 radical (unpaired) electrons. The van der Waals surface area contributed by atoms with Crippen molar-refractivity contribution in [2.75, 3.05) is 26.2 Å². The number of hydrogen-bond donors (Lipinski definition) is 0. The highest BCUT2D eigenvalue weighted by molar-refractivity contribution is 5.49. The van der Waals surface area contributed by atoms with Crippen molar-refractivity contribution in [3.05, 3.63) is 30.0 Å². The molecule has 6 rings (SSSR count). The number of aromatic nitrogens is 2. The summed E-state index contributed by atoms with van der Waals surface area (Å²) < 4.78 is 11.7. The highest BCUT2D eigenvalue weighted by atomic mass is 16.4. The van der Waals surface area contributed by atoms with Crippen molar-refractivity contribution in [2.24, 2.45) is 0 Å². The van der Waals surface area contributed by atoms with Crippen LogP contribution in [0.4, 0.5) is 0 Å². The Labute approximate surface area is 177 Å². The quantitative estimate of drug-likeness (QED) is 0.722. The molecule has 6 nitrogen and oxygen atoms in total. The van der Waals surface area contributed by atoms with Crippen LogP contribution in [-0.2, 0) is 0 Å². The summed E-state index contributed by atoms with van der Waals surface area (Å²) in [5.41, 5.74) is 0.286. The molecule has 156 valence electrons. The van der Waals surface area contributed by atoms with Crippen LogP contribution in [-0.4, -0.2) is 57.0 Å². The Kier molecular flexibility index (Phi) is 4.36.